The van der Waals surface area contributed by atoms with Gasteiger partial charge in [-0.1, -0.05) is 24.3 Å². The van der Waals surface area contributed by atoms with Gasteiger partial charge in [0.2, 0.25) is 0 Å². The van der Waals surface area contributed by atoms with E-state index in [-0.39, 0.29) is 5.69 Å². The third kappa shape index (κ3) is 1.93. The van der Waals surface area contributed by atoms with Crippen LogP contribution in [0.15, 0.2) is 48.5 Å². The van der Waals surface area contributed by atoms with Gasteiger partial charge in [0.15, 0.2) is 0 Å². The van der Waals surface area contributed by atoms with Crippen molar-refractivity contribution in [2.45, 2.75) is 0 Å². The molecular weight excluding hydrogens is 202 g/mol. The van der Waals surface area contributed by atoms with Crippen molar-refractivity contribution >= 4 is 5.69 Å². The van der Waals surface area contributed by atoms with Crippen LogP contribution in [0, 0.1) is 17.0 Å². The summed E-state index contributed by atoms with van der Waals surface area (Å²) in [6.45, 7) is 3.92. The Morgan fingerprint density at radius 1 is 1.00 bits per heavy atom. The van der Waals surface area contributed by atoms with Crippen molar-refractivity contribution in [3.05, 3.63) is 71.1 Å². The number of nitrogens with zero attached hydrogens (tertiary/aromatic N) is 1. The van der Waals surface area contributed by atoms with Crippen molar-refractivity contribution in [3.63, 3.8) is 0 Å². The molecule has 2 aromatic rings. The minimum Gasteiger partial charge on any atom is -0.258 e. The van der Waals surface area contributed by atoms with Crippen LogP contribution in [0.5, 0.6) is 0 Å². The van der Waals surface area contributed by atoms with Crippen LogP contribution in [0.4, 0.5) is 5.69 Å². The molecule has 0 N–H and O–H groups in total. The van der Waals surface area contributed by atoms with Gasteiger partial charge in [0.25, 0.3) is 5.69 Å². The van der Waals surface area contributed by atoms with Crippen LogP contribution >= 0.6 is 0 Å². The molecule has 2 aromatic carbocycles. The van der Waals surface area contributed by atoms with E-state index in [0.717, 1.165) is 16.7 Å². The molecule has 0 aliphatic rings. The second-order valence-electron chi connectivity index (χ2n) is 3.46. The molecule has 0 heterocycles. The van der Waals surface area contributed by atoms with Gasteiger partial charge < -0.3 is 0 Å². The fourth-order valence-electron chi connectivity index (χ4n) is 1.56. The Morgan fingerprint density at radius 3 is 2.19 bits per heavy atom. The van der Waals surface area contributed by atoms with E-state index in [9.17, 15) is 10.1 Å². The van der Waals surface area contributed by atoms with E-state index in [1.807, 2.05) is 24.3 Å². The number of non-ortho nitro benzene ring substituents is 1. The van der Waals surface area contributed by atoms with Crippen molar-refractivity contribution in [1.29, 1.82) is 0 Å². The standard InChI is InChI=1S/C13H10NO2/c1-10-4-2-3-5-13(10)11-6-8-12(9-7-11)14(15)16/h2-9H,1H2. The number of nitro benzene ring substituents is 1. The highest BCUT2D eigenvalue weighted by molar-refractivity contribution is 5.69. The summed E-state index contributed by atoms with van der Waals surface area (Å²) in [7, 11) is 0. The van der Waals surface area contributed by atoms with Gasteiger partial charge >= 0.3 is 0 Å². The number of rotatable bonds is 2. The molecule has 0 aromatic heterocycles. The maximum Gasteiger partial charge on any atom is 0.269 e. The van der Waals surface area contributed by atoms with Gasteiger partial charge in [0, 0.05) is 12.1 Å². The number of hydrogen-bond acceptors (Lipinski definition) is 2. The van der Waals surface area contributed by atoms with Gasteiger partial charge in [-0.15, -0.1) is 0 Å². The molecule has 79 valence electrons. The minimum atomic E-state index is -0.403. The normalized spacial score (nSPS) is 10.1. The van der Waals surface area contributed by atoms with Crippen molar-refractivity contribution in [2.75, 3.05) is 0 Å². The Kier molecular flexibility index (Phi) is 2.68. The molecule has 0 unspecified atom stereocenters. The van der Waals surface area contributed by atoms with Crippen molar-refractivity contribution < 1.29 is 4.92 Å². The number of nitro groups is 1. The lowest BCUT2D eigenvalue weighted by atomic mass is 10.0. The highest BCUT2D eigenvalue weighted by Crippen LogP contribution is 2.24. The molecule has 0 spiro atoms. The summed E-state index contributed by atoms with van der Waals surface area (Å²) in [4.78, 5) is 10.1. The van der Waals surface area contributed by atoms with Crippen molar-refractivity contribution in [1.82, 2.24) is 0 Å². The highest BCUT2D eigenvalue weighted by Gasteiger charge is 2.05. The van der Waals surface area contributed by atoms with Gasteiger partial charge in [-0.05, 0) is 35.7 Å². The number of benzene rings is 2. The summed E-state index contributed by atoms with van der Waals surface area (Å²) in [5, 5.41) is 10.5. The third-order valence-electron chi connectivity index (χ3n) is 2.41. The van der Waals surface area contributed by atoms with Gasteiger partial charge in [0.05, 0.1) is 4.92 Å². The summed E-state index contributed by atoms with van der Waals surface area (Å²) in [6.07, 6.45) is 0. The zero-order valence-electron chi connectivity index (χ0n) is 8.59. The smallest absolute Gasteiger partial charge is 0.258 e. The maximum absolute atomic E-state index is 10.5. The quantitative estimate of drug-likeness (QED) is 0.565. The first kappa shape index (κ1) is 10.4. The lowest BCUT2D eigenvalue weighted by Crippen LogP contribution is -1.88. The molecule has 0 saturated heterocycles. The second kappa shape index (κ2) is 4.14. The largest absolute Gasteiger partial charge is 0.269 e. The van der Waals surface area contributed by atoms with E-state index in [1.54, 1.807) is 12.1 Å². The molecule has 3 heteroatoms. The molecule has 1 radical (unpaired) electrons. The Labute approximate surface area is 93.5 Å². The van der Waals surface area contributed by atoms with E-state index >= 15 is 0 Å². The molecule has 16 heavy (non-hydrogen) atoms. The summed E-state index contributed by atoms with van der Waals surface area (Å²) in [5.41, 5.74) is 2.95. The lowest BCUT2D eigenvalue weighted by molar-refractivity contribution is -0.384. The fourth-order valence-corrected chi connectivity index (χ4v) is 1.56. The van der Waals surface area contributed by atoms with Gasteiger partial charge in [0.1, 0.15) is 0 Å². The predicted molar refractivity (Wildman–Crippen MR) is 63.0 cm³/mol. The van der Waals surface area contributed by atoms with Crippen LogP contribution in [0.1, 0.15) is 5.56 Å². The topological polar surface area (TPSA) is 43.1 Å². The third-order valence-corrected chi connectivity index (χ3v) is 2.41. The number of hydrogen-bond donors (Lipinski definition) is 0. The van der Waals surface area contributed by atoms with E-state index in [2.05, 4.69) is 6.92 Å². The zero-order valence-corrected chi connectivity index (χ0v) is 8.59. The summed E-state index contributed by atoms with van der Waals surface area (Å²) < 4.78 is 0. The Hall–Kier alpha value is -2.16. The molecule has 0 atom stereocenters. The lowest BCUT2D eigenvalue weighted by Gasteiger charge is -2.04. The Morgan fingerprint density at radius 2 is 1.62 bits per heavy atom. The van der Waals surface area contributed by atoms with Crippen LogP contribution in [-0.4, -0.2) is 4.92 Å². The molecule has 0 aliphatic carbocycles. The van der Waals surface area contributed by atoms with Crippen LogP contribution < -0.4 is 0 Å². The van der Waals surface area contributed by atoms with Crippen LogP contribution in [0.25, 0.3) is 11.1 Å². The fraction of sp³-hybridized carbons (Fsp3) is 0. The first-order valence-electron chi connectivity index (χ1n) is 4.84. The average molecular weight is 212 g/mol. The van der Waals surface area contributed by atoms with Crippen molar-refractivity contribution in [2.24, 2.45) is 0 Å². The Balaban J connectivity index is 2.43. The van der Waals surface area contributed by atoms with Gasteiger partial charge in [-0.2, -0.15) is 0 Å². The summed E-state index contributed by atoms with van der Waals surface area (Å²) in [6, 6.07) is 14.2. The van der Waals surface area contributed by atoms with E-state index in [1.165, 1.54) is 12.1 Å². The van der Waals surface area contributed by atoms with Crippen LogP contribution in [0.3, 0.4) is 0 Å². The van der Waals surface area contributed by atoms with Crippen LogP contribution in [-0.2, 0) is 0 Å². The first-order chi connectivity index (χ1) is 7.68. The van der Waals surface area contributed by atoms with E-state index in [0.29, 0.717) is 0 Å². The molecule has 0 aliphatic heterocycles. The van der Waals surface area contributed by atoms with Gasteiger partial charge in [-0.25, -0.2) is 0 Å². The molecule has 0 fully saturated rings. The molecule has 0 saturated carbocycles. The molecule has 2 rings (SSSR count). The SMILES string of the molecule is [CH2]c1ccccc1-c1ccc([N+](=O)[O-])cc1. The van der Waals surface area contributed by atoms with Crippen LogP contribution in [0.2, 0.25) is 0 Å². The second-order valence-corrected chi connectivity index (χ2v) is 3.46. The zero-order chi connectivity index (χ0) is 11.5. The summed E-state index contributed by atoms with van der Waals surface area (Å²) in [5.74, 6) is 0. The average Bonchev–Trinajstić information content (AvgIpc) is 2.30. The molecule has 0 amide bonds. The Bertz CT molecular complexity index is 518. The molecular formula is C13H10NO2. The molecule has 0 bridgehead atoms. The monoisotopic (exact) mass is 212 g/mol. The van der Waals surface area contributed by atoms with E-state index in [4.69, 9.17) is 0 Å². The maximum atomic E-state index is 10.5. The summed E-state index contributed by atoms with van der Waals surface area (Å²) >= 11 is 0. The van der Waals surface area contributed by atoms with E-state index < -0.39 is 4.92 Å². The van der Waals surface area contributed by atoms with Gasteiger partial charge in [-0.3, -0.25) is 10.1 Å². The highest BCUT2D eigenvalue weighted by atomic mass is 16.6. The minimum absolute atomic E-state index is 0.102. The first-order valence-corrected chi connectivity index (χ1v) is 4.84. The molecule has 3 nitrogen and oxygen atoms in total. The van der Waals surface area contributed by atoms with Crippen molar-refractivity contribution in [3.8, 4) is 11.1 Å². The predicted octanol–water partition coefficient (Wildman–Crippen LogP) is 3.44.